The number of ketones is 1. The molecular formula is C22H27F2N5O2. The van der Waals surface area contributed by atoms with Crippen LogP contribution in [-0.2, 0) is 9.59 Å². The van der Waals surface area contributed by atoms with Gasteiger partial charge in [-0.1, -0.05) is 20.8 Å². The van der Waals surface area contributed by atoms with Crippen molar-refractivity contribution in [3.8, 4) is 0 Å². The Bertz CT molecular complexity index is 1080. The molecule has 2 aliphatic carbocycles. The highest BCUT2D eigenvalue weighted by atomic mass is 19.3. The van der Waals surface area contributed by atoms with E-state index in [9.17, 15) is 18.4 Å². The number of hydrogen-bond acceptors (Lipinski definition) is 5. The predicted molar refractivity (Wildman–Crippen MR) is 107 cm³/mol. The van der Waals surface area contributed by atoms with Crippen molar-refractivity contribution in [3.05, 3.63) is 23.8 Å². The number of nitrogens with zero attached hydrogens (tertiary/aromatic N) is 5. The maximum Gasteiger partial charge on any atom is 0.280 e. The van der Waals surface area contributed by atoms with Crippen LogP contribution in [0.4, 0.5) is 8.78 Å². The highest BCUT2D eigenvalue weighted by Crippen LogP contribution is 2.71. The monoisotopic (exact) mass is 431 g/mol. The van der Waals surface area contributed by atoms with Crippen molar-refractivity contribution in [2.45, 2.75) is 65.2 Å². The molecule has 3 atom stereocenters. The predicted octanol–water partition coefficient (Wildman–Crippen LogP) is 3.55. The lowest BCUT2D eigenvalue weighted by Gasteiger charge is -2.43. The number of hydrogen-bond donors (Lipinski definition) is 0. The summed E-state index contributed by atoms with van der Waals surface area (Å²) >= 11 is 0. The zero-order valence-corrected chi connectivity index (χ0v) is 18.1. The fourth-order valence-corrected chi connectivity index (χ4v) is 6.26. The molecule has 2 saturated carbocycles. The van der Waals surface area contributed by atoms with Crippen molar-refractivity contribution in [1.82, 2.24) is 24.5 Å². The minimum absolute atomic E-state index is 0.0365. The number of fused-ring (bicyclic) bond motifs is 3. The third-order valence-electron chi connectivity index (χ3n) is 8.76. The number of piperidine rings is 1. The first kappa shape index (κ1) is 20.5. The molecule has 1 amide bonds. The van der Waals surface area contributed by atoms with Gasteiger partial charge in [-0.25, -0.2) is 13.8 Å². The van der Waals surface area contributed by atoms with Crippen LogP contribution in [0.5, 0.6) is 0 Å². The molecule has 0 radical (unpaired) electrons. The Labute approximate surface area is 179 Å². The number of halogens is 2. The maximum atomic E-state index is 13.8. The van der Waals surface area contributed by atoms with Crippen LogP contribution < -0.4 is 0 Å². The van der Waals surface area contributed by atoms with E-state index in [1.807, 2.05) is 11.8 Å². The molecule has 5 rings (SSSR count). The third kappa shape index (κ3) is 2.58. The second kappa shape index (κ2) is 6.53. The van der Waals surface area contributed by atoms with Crippen LogP contribution in [0.1, 0.15) is 76.6 Å². The Hall–Kier alpha value is -2.45. The van der Waals surface area contributed by atoms with Crippen LogP contribution in [0, 0.1) is 16.2 Å². The Morgan fingerprint density at radius 1 is 1.26 bits per heavy atom. The van der Waals surface area contributed by atoms with E-state index in [-0.39, 0.29) is 29.1 Å². The lowest BCUT2D eigenvalue weighted by molar-refractivity contribution is -0.149. The lowest BCUT2D eigenvalue weighted by Crippen LogP contribution is -2.51. The standard InChI is InChI=1S/C22H27F2N5O2/c1-20(2)21(3)6-7-22(20,10-16(21)30)18(31)28-8-4-5-13(11-28)14-9-15(17(23)24)29-19(27-14)25-12-26-29/h9,12-13,17H,4-8,10-11H2,1-3H3/t13-,21-,22+/m1/s1. The zero-order chi connectivity index (χ0) is 22.2. The van der Waals surface area contributed by atoms with Gasteiger partial charge in [0.2, 0.25) is 5.91 Å². The molecule has 2 aromatic rings. The molecule has 2 bridgehead atoms. The molecule has 3 aliphatic rings. The van der Waals surface area contributed by atoms with Gasteiger partial charge in [-0.15, -0.1) is 0 Å². The first-order chi connectivity index (χ1) is 14.6. The van der Waals surface area contributed by atoms with Gasteiger partial charge in [-0.3, -0.25) is 9.59 Å². The molecule has 166 valence electrons. The van der Waals surface area contributed by atoms with Crippen molar-refractivity contribution in [2.75, 3.05) is 13.1 Å². The van der Waals surface area contributed by atoms with E-state index in [4.69, 9.17) is 0 Å². The molecule has 7 nitrogen and oxygen atoms in total. The second-order valence-electron chi connectivity index (χ2n) is 10.1. The van der Waals surface area contributed by atoms with E-state index < -0.39 is 22.7 Å². The van der Waals surface area contributed by atoms with E-state index >= 15 is 0 Å². The van der Waals surface area contributed by atoms with Gasteiger partial charge in [-0.05, 0) is 37.2 Å². The fraction of sp³-hybridized carbons (Fsp3) is 0.682. The number of rotatable bonds is 3. The summed E-state index contributed by atoms with van der Waals surface area (Å²) in [4.78, 5) is 36.9. The minimum atomic E-state index is -2.70. The smallest absolute Gasteiger partial charge is 0.280 e. The summed E-state index contributed by atoms with van der Waals surface area (Å²) in [5, 5.41) is 3.84. The molecule has 3 heterocycles. The van der Waals surface area contributed by atoms with Crippen LogP contribution in [0.2, 0.25) is 0 Å². The Balaban J connectivity index is 1.45. The number of Topliss-reactive ketones (excluding diaryl/α,β-unsaturated/α-hetero) is 1. The SMILES string of the molecule is CC1(C)[C@@]2(C(=O)N3CCC[C@@H](c4cc(C(F)F)n5ncnc5n4)C3)CC[C@]1(C)C(=O)C2. The summed E-state index contributed by atoms with van der Waals surface area (Å²) in [6.45, 7) is 7.15. The minimum Gasteiger partial charge on any atom is -0.342 e. The van der Waals surface area contributed by atoms with Crippen molar-refractivity contribution >= 4 is 17.5 Å². The van der Waals surface area contributed by atoms with Gasteiger partial charge in [0.15, 0.2) is 0 Å². The number of likely N-dealkylation sites (tertiary alicyclic amines) is 1. The maximum absolute atomic E-state index is 13.8. The van der Waals surface area contributed by atoms with E-state index in [0.29, 0.717) is 25.2 Å². The van der Waals surface area contributed by atoms with E-state index in [1.54, 1.807) is 0 Å². The number of amides is 1. The molecule has 0 aromatic carbocycles. The van der Waals surface area contributed by atoms with Crippen LogP contribution in [0.25, 0.3) is 5.78 Å². The van der Waals surface area contributed by atoms with E-state index in [1.165, 1.54) is 12.4 Å². The highest BCUT2D eigenvalue weighted by Gasteiger charge is 2.73. The molecule has 0 spiro atoms. The molecule has 1 saturated heterocycles. The summed E-state index contributed by atoms with van der Waals surface area (Å²) in [5.41, 5.74) is -1.25. The van der Waals surface area contributed by atoms with Gasteiger partial charge in [-0.2, -0.15) is 14.6 Å². The first-order valence-corrected chi connectivity index (χ1v) is 10.9. The summed E-state index contributed by atoms with van der Waals surface area (Å²) in [6, 6.07) is 1.39. The van der Waals surface area contributed by atoms with Crippen molar-refractivity contribution in [3.63, 3.8) is 0 Å². The van der Waals surface area contributed by atoms with Crippen LogP contribution in [0.3, 0.4) is 0 Å². The van der Waals surface area contributed by atoms with Crippen LogP contribution in [-0.4, -0.2) is 49.3 Å². The first-order valence-electron chi connectivity index (χ1n) is 10.9. The average Bonchev–Trinajstić information content (AvgIpc) is 3.34. The van der Waals surface area contributed by atoms with E-state index in [0.717, 1.165) is 30.2 Å². The van der Waals surface area contributed by atoms with Crippen molar-refractivity contribution < 1.29 is 18.4 Å². The van der Waals surface area contributed by atoms with Crippen molar-refractivity contribution in [2.24, 2.45) is 16.2 Å². The summed E-state index contributed by atoms with van der Waals surface area (Å²) in [6.07, 6.45) is 1.80. The number of carbonyl (C=O) groups excluding carboxylic acids is 2. The second-order valence-corrected chi connectivity index (χ2v) is 10.1. The lowest BCUT2D eigenvalue weighted by atomic mass is 9.64. The van der Waals surface area contributed by atoms with E-state index in [2.05, 4.69) is 28.9 Å². The third-order valence-corrected chi connectivity index (χ3v) is 8.76. The van der Waals surface area contributed by atoms with Crippen LogP contribution in [0.15, 0.2) is 12.4 Å². The van der Waals surface area contributed by atoms with Gasteiger partial charge in [0, 0.05) is 30.8 Å². The van der Waals surface area contributed by atoms with Gasteiger partial charge in [0.1, 0.15) is 17.8 Å². The average molecular weight is 431 g/mol. The fourth-order valence-electron chi connectivity index (χ4n) is 6.26. The molecular weight excluding hydrogens is 404 g/mol. The molecule has 31 heavy (non-hydrogen) atoms. The molecule has 3 fully saturated rings. The number of alkyl halides is 2. The topological polar surface area (TPSA) is 80.5 Å². The van der Waals surface area contributed by atoms with Gasteiger partial charge >= 0.3 is 0 Å². The summed E-state index contributed by atoms with van der Waals surface area (Å²) in [7, 11) is 0. The number of aromatic nitrogens is 4. The zero-order valence-electron chi connectivity index (χ0n) is 18.1. The van der Waals surface area contributed by atoms with Gasteiger partial charge in [0.05, 0.1) is 11.1 Å². The Kier molecular flexibility index (Phi) is 4.31. The largest absolute Gasteiger partial charge is 0.342 e. The normalized spacial score (nSPS) is 32.4. The highest BCUT2D eigenvalue weighted by molar-refractivity contribution is 5.99. The molecule has 9 heteroatoms. The van der Waals surface area contributed by atoms with Crippen LogP contribution >= 0.6 is 0 Å². The summed E-state index contributed by atoms with van der Waals surface area (Å²) in [5.74, 6) is 0.214. The van der Waals surface area contributed by atoms with Gasteiger partial charge < -0.3 is 4.90 Å². The molecule has 0 unspecified atom stereocenters. The van der Waals surface area contributed by atoms with Gasteiger partial charge in [0.25, 0.3) is 12.2 Å². The Morgan fingerprint density at radius 2 is 2.03 bits per heavy atom. The summed E-state index contributed by atoms with van der Waals surface area (Å²) < 4.78 is 28.2. The van der Waals surface area contributed by atoms with Crippen molar-refractivity contribution in [1.29, 1.82) is 0 Å². The molecule has 2 aromatic heterocycles. The molecule has 1 aliphatic heterocycles. The Morgan fingerprint density at radius 3 is 2.68 bits per heavy atom. The quantitative estimate of drug-likeness (QED) is 0.743. The molecule has 0 N–H and O–H groups in total. The number of carbonyl (C=O) groups is 2.